The van der Waals surface area contributed by atoms with Gasteiger partial charge in [0.2, 0.25) is 0 Å². The van der Waals surface area contributed by atoms with Crippen molar-refractivity contribution in [1.29, 1.82) is 0 Å². The number of aromatic carboxylic acids is 2. The number of carbonyl (C=O) groups excluding carboxylic acids is 3. The third-order valence-electron chi connectivity index (χ3n) is 5.51. The molecule has 0 saturated carbocycles. The van der Waals surface area contributed by atoms with Crippen LogP contribution in [0.15, 0.2) is 24.3 Å². The highest BCUT2D eigenvalue weighted by atomic mass is 17.1. The van der Waals surface area contributed by atoms with E-state index in [0.29, 0.717) is 0 Å². The van der Waals surface area contributed by atoms with Gasteiger partial charge in [0.15, 0.2) is 5.78 Å². The van der Waals surface area contributed by atoms with Crippen molar-refractivity contribution < 1.29 is 54.5 Å². The van der Waals surface area contributed by atoms with Crippen LogP contribution in [-0.2, 0) is 20.6 Å². The Balaban J connectivity index is 3.23. The largest absolute Gasteiger partial charge is 0.478 e. The fourth-order valence-electron chi connectivity index (χ4n) is 3.93. The Labute approximate surface area is 205 Å². The molecule has 0 amide bonds. The minimum atomic E-state index is -1.72. The van der Waals surface area contributed by atoms with Crippen molar-refractivity contribution >= 4 is 29.7 Å². The van der Waals surface area contributed by atoms with Crippen molar-refractivity contribution in [3.05, 3.63) is 68.8 Å². The molecule has 0 heterocycles. The molecule has 11 heteroatoms. The highest BCUT2D eigenvalue weighted by Crippen LogP contribution is 2.37. The first-order valence-electron chi connectivity index (χ1n) is 10.6. The molecule has 192 valence electrons. The van der Waals surface area contributed by atoms with Gasteiger partial charge in [-0.15, -0.1) is 0 Å². The van der Waals surface area contributed by atoms with Crippen LogP contribution in [0, 0.1) is 0 Å². The second kappa shape index (κ2) is 9.88. The van der Waals surface area contributed by atoms with E-state index in [1.54, 1.807) is 41.5 Å². The summed E-state index contributed by atoms with van der Waals surface area (Å²) in [5, 5.41) is 37.8. The first-order chi connectivity index (χ1) is 16.5. The summed E-state index contributed by atoms with van der Waals surface area (Å²) in [6, 6.07) is 4.74. The van der Waals surface area contributed by atoms with E-state index in [-0.39, 0.29) is 11.1 Å². The van der Waals surface area contributed by atoms with Crippen molar-refractivity contribution in [2.45, 2.75) is 52.4 Å². The maximum atomic E-state index is 14.2. The van der Waals surface area contributed by atoms with Gasteiger partial charge in [-0.05, 0) is 34.1 Å². The Kier molecular flexibility index (Phi) is 7.72. The Bertz CT molecular complexity index is 1180. The summed E-state index contributed by atoms with van der Waals surface area (Å²) in [4.78, 5) is 70.6. The van der Waals surface area contributed by atoms with Crippen LogP contribution in [0.3, 0.4) is 0 Å². The van der Waals surface area contributed by atoms with E-state index in [1.165, 1.54) is 12.1 Å². The summed E-state index contributed by atoms with van der Waals surface area (Å²) in [7, 11) is 0. The Morgan fingerprint density at radius 1 is 0.583 bits per heavy atom. The lowest BCUT2D eigenvalue weighted by Gasteiger charge is -2.28. The van der Waals surface area contributed by atoms with E-state index in [4.69, 9.17) is 10.5 Å². The molecule has 0 bridgehead atoms. The molecular formula is C25H26O11. The molecule has 0 saturated heterocycles. The number of hydrogen-bond donors (Lipinski definition) is 4. The van der Waals surface area contributed by atoms with Crippen molar-refractivity contribution in [1.82, 2.24) is 0 Å². The topological polar surface area (TPSA) is 185 Å². The molecular weight excluding hydrogens is 476 g/mol. The van der Waals surface area contributed by atoms with E-state index < -0.39 is 73.9 Å². The van der Waals surface area contributed by atoms with Gasteiger partial charge < -0.3 is 10.2 Å². The van der Waals surface area contributed by atoms with E-state index in [0.717, 1.165) is 12.1 Å². The van der Waals surface area contributed by atoms with Gasteiger partial charge >= 0.3 is 23.9 Å². The lowest BCUT2D eigenvalue weighted by molar-refractivity contribution is -0.182. The Morgan fingerprint density at radius 2 is 0.889 bits per heavy atom. The van der Waals surface area contributed by atoms with Crippen LogP contribution < -0.4 is 0 Å². The molecule has 2 rings (SSSR count). The van der Waals surface area contributed by atoms with Crippen LogP contribution in [-0.4, -0.2) is 50.4 Å². The quantitative estimate of drug-likeness (QED) is 0.252. The molecule has 0 aliphatic rings. The molecule has 0 aliphatic heterocycles. The summed E-state index contributed by atoms with van der Waals surface area (Å²) in [5.74, 6) is -7.45. The number of carboxylic acids is 2. The van der Waals surface area contributed by atoms with Gasteiger partial charge in [-0.3, -0.25) is 14.6 Å². The van der Waals surface area contributed by atoms with Crippen molar-refractivity contribution in [3.63, 3.8) is 0 Å². The third-order valence-corrected chi connectivity index (χ3v) is 5.51. The number of carboxylic acid groups (broad SMARTS) is 2. The molecule has 0 aromatic heterocycles. The molecule has 2 aromatic carbocycles. The predicted molar refractivity (Wildman–Crippen MR) is 124 cm³/mol. The number of hydrogen-bond acceptors (Lipinski definition) is 9. The van der Waals surface area contributed by atoms with Crippen LogP contribution in [0.2, 0.25) is 0 Å². The SMILES string of the molecule is CC(C)(C)c1ccc(C(=O)OO)c(C(=O)O)c1C(=O)c1c(C(C)(C)C)ccc(C(=O)OO)c1C(=O)O. The Hall–Kier alpha value is -4.09. The van der Waals surface area contributed by atoms with Crippen LogP contribution in [0.1, 0.15) is 110 Å². The average Bonchev–Trinajstić information content (AvgIpc) is 2.79. The third kappa shape index (κ3) is 5.11. The monoisotopic (exact) mass is 502 g/mol. The highest BCUT2D eigenvalue weighted by Gasteiger charge is 2.38. The molecule has 0 radical (unpaired) electrons. The zero-order valence-electron chi connectivity index (χ0n) is 20.5. The smallest absolute Gasteiger partial charge is 0.373 e. The average molecular weight is 502 g/mol. The molecule has 0 aliphatic carbocycles. The summed E-state index contributed by atoms with van der Waals surface area (Å²) in [6.45, 7) is 9.98. The summed E-state index contributed by atoms with van der Waals surface area (Å²) in [5.41, 5.74) is -5.48. The van der Waals surface area contributed by atoms with Gasteiger partial charge in [-0.2, -0.15) is 10.5 Å². The van der Waals surface area contributed by atoms with Gasteiger partial charge in [-0.1, -0.05) is 53.7 Å². The van der Waals surface area contributed by atoms with Crippen LogP contribution in [0.25, 0.3) is 0 Å². The Morgan fingerprint density at radius 3 is 1.11 bits per heavy atom. The molecule has 11 nitrogen and oxygen atoms in total. The van der Waals surface area contributed by atoms with Crippen LogP contribution >= 0.6 is 0 Å². The van der Waals surface area contributed by atoms with Crippen molar-refractivity contribution in [2.24, 2.45) is 0 Å². The minimum Gasteiger partial charge on any atom is -0.478 e. The standard InChI is InChI=1S/C25H26O11/c1-24(2,3)13-9-7-11(22(31)35-33)15(20(27)28)17(13)19(26)18-14(25(4,5)6)10-8-12(23(32)36-34)16(18)21(29)30/h7-10,33-34H,1-6H3,(H,27,28)(H,29,30). The van der Waals surface area contributed by atoms with E-state index >= 15 is 0 Å². The molecule has 2 aromatic rings. The van der Waals surface area contributed by atoms with Gasteiger partial charge in [0.25, 0.3) is 0 Å². The van der Waals surface area contributed by atoms with E-state index in [1.807, 2.05) is 0 Å². The maximum absolute atomic E-state index is 14.2. The molecule has 0 spiro atoms. The van der Waals surface area contributed by atoms with Gasteiger partial charge in [0.1, 0.15) is 0 Å². The zero-order chi connectivity index (χ0) is 27.7. The first kappa shape index (κ1) is 28.1. The highest BCUT2D eigenvalue weighted by molar-refractivity contribution is 6.23. The second-order valence-corrected chi connectivity index (χ2v) is 10.0. The van der Waals surface area contributed by atoms with Crippen LogP contribution in [0.4, 0.5) is 0 Å². The molecule has 0 fully saturated rings. The second-order valence-electron chi connectivity index (χ2n) is 10.0. The molecule has 4 N–H and O–H groups in total. The first-order valence-corrected chi connectivity index (χ1v) is 10.6. The molecule has 0 atom stereocenters. The van der Waals surface area contributed by atoms with Gasteiger partial charge in [0, 0.05) is 11.1 Å². The number of benzene rings is 2. The van der Waals surface area contributed by atoms with E-state index in [2.05, 4.69) is 9.78 Å². The predicted octanol–water partition coefficient (Wildman–Crippen LogP) is 4.17. The van der Waals surface area contributed by atoms with Gasteiger partial charge in [-0.25, -0.2) is 19.2 Å². The van der Waals surface area contributed by atoms with Crippen LogP contribution in [0.5, 0.6) is 0 Å². The van der Waals surface area contributed by atoms with Crippen molar-refractivity contribution in [2.75, 3.05) is 0 Å². The zero-order valence-corrected chi connectivity index (χ0v) is 20.5. The lowest BCUT2D eigenvalue weighted by Crippen LogP contribution is -2.28. The molecule has 0 unspecified atom stereocenters. The summed E-state index contributed by atoms with van der Waals surface area (Å²) < 4.78 is 0. The fourth-order valence-corrected chi connectivity index (χ4v) is 3.93. The fraction of sp³-hybridized carbons (Fsp3) is 0.320. The van der Waals surface area contributed by atoms with Gasteiger partial charge in [0.05, 0.1) is 22.3 Å². The van der Waals surface area contributed by atoms with Crippen molar-refractivity contribution in [3.8, 4) is 0 Å². The summed E-state index contributed by atoms with van der Waals surface area (Å²) in [6.07, 6.45) is 0. The number of carbonyl (C=O) groups is 5. The lowest BCUT2D eigenvalue weighted by atomic mass is 9.74. The normalized spacial score (nSPS) is 11.6. The minimum absolute atomic E-state index is 0.144. The number of rotatable bonds is 6. The summed E-state index contributed by atoms with van der Waals surface area (Å²) >= 11 is 0. The number of ketones is 1. The molecule has 36 heavy (non-hydrogen) atoms. The maximum Gasteiger partial charge on any atom is 0.373 e. The van der Waals surface area contributed by atoms with E-state index in [9.17, 15) is 34.2 Å².